The zero-order valence-electron chi connectivity index (χ0n) is 13.8. The number of nitrogens with zero attached hydrogens (tertiary/aromatic N) is 2. The molecule has 1 aliphatic heterocycles. The first-order valence-electron chi connectivity index (χ1n) is 7.73. The molecule has 0 aromatic carbocycles. The molecule has 0 aliphatic carbocycles. The molecule has 128 valence electrons. The number of hydrogen-bond donors (Lipinski definition) is 3. The number of carbonyl (C=O) groups is 2. The number of anilines is 1. The first-order valence-corrected chi connectivity index (χ1v) is 7.73. The van der Waals surface area contributed by atoms with Crippen molar-refractivity contribution in [1.29, 1.82) is 0 Å². The highest BCUT2D eigenvalue weighted by Crippen LogP contribution is 2.28. The van der Waals surface area contributed by atoms with E-state index in [4.69, 9.17) is 9.84 Å². The van der Waals surface area contributed by atoms with Crippen molar-refractivity contribution < 1.29 is 19.4 Å². The Hall–Kier alpha value is -2.09. The Labute approximate surface area is 135 Å². The summed E-state index contributed by atoms with van der Waals surface area (Å²) in [5.74, 6) is -0.310. The van der Waals surface area contributed by atoms with E-state index < -0.39 is 11.5 Å². The average molecular weight is 324 g/mol. The van der Waals surface area contributed by atoms with E-state index in [1.807, 2.05) is 0 Å². The fraction of sp³-hybridized carbons (Fsp3) is 0.667. The molecule has 1 saturated heterocycles. The first kappa shape index (κ1) is 17.3. The average Bonchev–Trinajstić information content (AvgIpc) is 3.06. The van der Waals surface area contributed by atoms with Crippen LogP contribution in [-0.2, 0) is 16.6 Å². The molecule has 1 aliphatic rings. The van der Waals surface area contributed by atoms with Crippen molar-refractivity contribution in [2.75, 3.05) is 11.9 Å². The predicted octanol–water partition coefficient (Wildman–Crippen LogP) is 2.04. The number of carboxylic acid groups (broad SMARTS) is 1. The number of amides is 2. The standard InChI is InChI=1S/C15H24N4O4/c1-15(2,7-6-13(20)21)17-14(22)16-12-9-10(18-19(12)3)11-5-4-8-23-11/h9,11H,4-8H2,1-3H3,(H,20,21)(H2,16,17,22). The lowest BCUT2D eigenvalue weighted by molar-refractivity contribution is -0.137. The highest BCUT2D eigenvalue weighted by atomic mass is 16.5. The number of carboxylic acids is 1. The minimum atomic E-state index is -0.881. The summed E-state index contributed by atoms with van der Waals surface area (Å²) in [6.45, 7) is 4.31. The first-order chi connectivity index (χ1) is 10.8. The van der Waals surface area contributed by atoms with Crippen LogP contribution in [0.15, 0.2) is 6.07 Å². The van der Waals surface area contributed by atoms with Crippen molar-refractivity contribution in [3.8, 4) is 0 Å². The van der Waals surface area contributed by atoms with Crippen molar-refractivity contribution in [3.63, 3.8) is 0 Å². The minimum absolute atomic E-state index is 0.00214. The summed E-state index contributed by atoms with van der Waals surface area (Å²) in [5.41, 5.74) is 0.198. The Bertz CT molecular complexity index is 576. The lowest BCUT2D eigenvalue weighted by atomic mass is 9.99. The maximum atomic E-state index is 12.1. The highest BCUT2D eigenvalue weighted by molar-refractivity contribution is 5.88. The molecule has 0 saturated carbocycles. The monoisotopic (exact) mass is 324 g/mol. The van der Waals surface area contributed by atoms with E-state index in [9.17, 15) is 9.59 Å². The number of aryl methyl sites for hydroxylation is 1. The molecule has 3 N–H and O–H groups in total. The van der Waals surface area contributed by atoms with Crippen molar-refractivity contribution in [3.05, 3.63) is 11.8 Å². The van der Waals surface area contributed by atoms with Crippen molar-refractivity contribution in [2.45, 2.75) is 51.2 Å². The van der Waals surface area contributed by atoms with Gasteiger partial charge in [0.05, 0.1) is 5.69 Å². The zero-order valence-corrected chi connectivity index (χ0v) is 13.8. The number of urea groups is 1. The number of carbonyl (C=O) groups excluding carboxylic acids is 1. The Kier molecular flexibility index (Phi) is 5.25. The van der Waals surface area contributed by atoms with Crippen molar-refractivity contribution in [2.24, 2.45) is 7.05 Å². The molecule has 0 bridgehead atoms. The molecule has 0 spiro atoms. The Morgan fingerprint density at radius 2 is 2.26 bits per heavy atom. The molecule has 2 amide bonds. The smallest absolute Gasteiger partial charge is 0.320 e. The Morgan fingerprint density at radius 3 is 2.87 bits per heavy atom. The molecular formula is C15H24N4O4. The van der Waals surface area contributed by atoms with Crippen LogP contribution in [0.3, 0.4) is 0 Å². The summed E-state index contributed by atoms with van der Waals surface area (Å²) in [4.78, 5) is 22.8. The van der Waals surface area contributed by atoms with Gasteiger partial charge in [-0.1, -0.05) is 0 Å². The van der Waals surface area contributed by atoms with Gasteiger partial charge >= 0.3 is 12.0 Å². The van der Waals surface area contributed by atoms with E-state index >= 15 is 0 Å². The summed E-state index contributed by atoms with van der Waals surface area (Å²) < 4.78 is 7.19. The van der Waals surface area contributed by atoms with Gasteiger partial charge in [0.25, 0.3) is 0 Å². The van der Waals surface area contributed by atoms with E-state index in [1.54, 1.807) is 31.6 Å². The summed E-state index contributed by atoms with van der Waals surface area (Å²) >= 11 is 0. The number of rotatable bonds is 6. The molecule has 23 heavy (non-hydrogen) atoms. The van der Waals surface area contributed by atoms with Gasteiger partial charge in [-0.05, 0) is 33.1 Å². The van der Waals surface area contributed by atoms with Crippen LogP contribution in [-0.4, -0.2) is 39.0 Å². The van der Waals surface area contributed by atoms with Crippen LogP contribution in [0.1, 0.15) is 51.3 Å². The third kappa shape index (κ3) is 4.95. The van der Waals surface area contributed by atoms with Gasteiger partial charge in [-0.15, -0.1) is 0 Å². The fourth-order valence-corrected chi connectivity index (χ4v) is 2.51. The second kappa shape index (κ2) is 6.99. The van der Waals surface area contributed by atoms with E-state index in [-0.39, 0.29) is 18.6 Å². The third-order valence-electron chi connectivity index (χ3n) is 3.82. The summed E-state index contributed by atoms with van der Waals surface area (Å²) in [5, 5.41) is 18.6. The number of aliphatic carboxylic acids is 1. The van der Waals surface area contributed by atoms with Crippen molar-refractivity contribution in [1.82, 2.24) is 15.1 Å². The van der Waals surface area contributed by atoms with E-state index in [0.29, 0.717) is 12.2 Å². The molecule has 2 rings (SSSR count). The third-order valence-corrected chi connectivity index (χ3v) is 3.82. The van der Waals surface area contributed by atoms with Crippen LogP contribution in [0.5, 0.6) is 0 Å². The lowest BCUT2D eigenvalue weighted by Gasteiger charge is -2.25. The van der Waals surface area contributed by atoms with Gasteiger partial charge in [-0.25, -0.2) is 4.79 Å². The summed E-state index contributed by atoms with van der Waals surface area (Å²) in [6.07, 6.45) is 2.30. The lowest BCUT2D eigenvalue weighted by Crippen LogP contribution is -2.46. The molecule has 1 aromatic rings. The van der Waals surface area contributed by atoms with Crippen LogP contribution in [0.25, 0.3) is 0 Å². The number of hydrogen-bond acceptors (Lipinski definition) is 4. The Morgan fingerprint density at radius 1 is 1.52 bits per heavy atom. The topological polar surface area (TPSA) is 105 Å². The van der Waals surface area contributed by atoms with Gasteiger partial charge in [0.2, 0.25) is 0 Å². The summed E-state index contributed by atoms with van der Waals surface area (Å²) in [6, 6.07) is 1.42. The fourth-order valence-electron chi connectivity index (χ4n) is 2.51. The Balaban J connectivity index is 1.93. The van der Waals surface area contributed by atoms with E-state index in [1.165, 1.54) is 0 Å². The maximum Gasteiger partial charge on any atom is 0.320 e. The van der Waals surface area contributed by atoms with E-state index in [2.05, 4.69) is 15.7 Å². The number of aromatic nitrogens is 2. The highest BCUT2D eigenvalue weighted by Gasteiger charge is 2.24. The van der Waals surface area contributed by atoms with Gasteiger partial charge < -0.3 is 15.2 Å². The minimum Gasteiger partial charge on any atom is -0.481 e. The predicted molar refractivity (Wildman–Crippen MR) is 84.2 cm³/mol. The van der Waals surface area contributed by atoms with E-state index in [0.717, 1.165) is 25.1 Å². The molecule has 8 nitrogen and oxygen atoms in total. The van der Waals surface area contributed by atoms with Crippen LogP contribution >= 0.6 is 0 Å². The van der Waals surface area contributed by atoms with Crippen LogP contribution < -0.4 is 10.6 Å². The molecular weight excluding hydrogens is 300 g/mol. The molecule has 1 aromatic heterocycles. The molecule has 0 radical (unpaired) electrons. The molecule has 2 heterocycles. The van der Waals surface area contributed by atoms with Crippen LogP contribution in [0.4, 0.5) is 10.6 Å². The van der Waals surface area contributed by atoms with Crippen molar-refractivity contribution >= 4 is 17.8 Å². The second-order valence-corrected chi connectivity index (χ2v) is 6.44. The maximum absolute atomic E-state index is 12.1. The molecule has 8 heteroatoms. The van der Waals surface area contributed by atoms with Gasteiger partial charge in [0.1, 0.15) is 11.9 Å². The normalized spacial score (nSPS) is 18.0. The van der Waals surface area contributed by atoms with Crippen LogP contribution in [0.2, 0.25) is 0 Å². The molecule has 1 atom stereocenters. The largest absolute Gasteiger partial charge is 0.481 e. The van der Waals surface area contributed by atoms with Gasteiger partial charge in [0, 0.05) is 31.7 Å². The SMILES string of the molecule is Cn1nc(C2CCCO2)cc1NC(=O)NC(C)(C)CCC(=O)O. The summed E-state index contributed by atoms with van der Waals surface area (Å²) in [7, 11) is 1.75. The van der Waals surface area contributed by atoms with Gasteiger partial charge in [-0.2, -0.15) is 5.10 Å². The zero-order chi connectivity index (χ0) is 17.0. The second-order valence-electron chi connectivity index (χ2n) is 6.44. The quantitative estimate of drug-likeness (QED) is 0.742. The number of ether oxygens (including phenoxy) is 1. The molecule has 1 fully saturated rings. The number of nitrogens with one attached hydrogen (secondary N) is 2. The van der Waals surface area contributed by atoms with Gasteiger partial charge in [-0.3, -0.25) is 14.8 Å². The molecule has 1 unspecified atom stereocenters. The van der Waals surface area contributed by atoms with Gasteiger partial charge in [0.15, 0.2) is 0 Å². The van der Waals surface area contributed by atoms with Crippen LogP contribution in [0, 0.1) is 0 Å².